The third-order valence-electron chi connectivity index (χ3n) is 3.58. The SMILES string of the molecule is Cc1ccc(C)c(S(=O)(=O)NC(CC(=O)O)c2ccc(F)cc2)c1. The molecule has 2 aromatic carbocycles. The number of hydrogen-bond donors (Lipinski definition) is 2. The van der Waals surface area contributed by atoms with Crippen molar-refractivity contribution in [2.75, 3.05) is 0 Å². The van der Waals surface area contributed by atoms with Gasteiger partial charge in [0.1, 0.15) is 5.82 Å². The molecule has 0 radical (unpaired) electrons. The highest BCUT2D eigenvalue weighted by Crippen LogP contribution is 2.23. The fourth-order valence-corrected chi connectivity index (χ4v) is 3.90. The quantitative estimate of drug-likeness (QED) is 0.838. The van der Waals surface area contributed by atoms with E-state index in [4.69, 9.17) is 5.11 Å². The van der Waals surface area contributed by atoms with Crippen LogP contribution < -0.4 is 4.72 Å². The van der Waals surface area contributed by atoms with E-state index in [0.717, 1.165) is 17.7 Å². The molecule has 0 saturated heterocycles. The fourth-order valence-electron chi connectivity index (χ4n) is 2.34. The van der Waals surface area contributed by atoms with Crippen LogP contribution in [0.3, 0.4) is 0 Å². The van der Waals surface area contributed by atoms with Crippen LogP contribution in [0.4, 0.5) is 4.39 Å². The van der Waals surface area contributed by atoms with Gasteiger partial charge in [-0.05, 0) is 48.7 Å². The Morgan fingerprint density at radius 1 is 1.17 bits per heavy atom. The predicted molar refractivity (Wildman–Crippen MR) is 87.6 cm³/mol. The minimum Gasteiger partial charge on any atom is -0.481 e. The highest BCUT2D eigenvalue weighted by Gasteiger charge is 2.25. The molecular formula is C17H18FNO4S. The summed E-state index contributed by atoms with van der Waals surface area (Å²) >= 11 is 0. The summed E-state index contributed by atoms with van der Waals surface area (Å²) in [5.74, 6) is -1.64. The van der Waals surface area contributed by atoms with Crippen molar-refractivity contribution in [1.29, 1.82) is 0 Å². The largest absolute Gasteiger partial charge is 0.481 e. The van der Waals surface area contributed by atoms with E-state index >= 15 is 0 Å². The van der Waals surface area contributed by atoms with Gasteiger partial charge in [0, 0.05) is 0 Å². The minimum absolute atomic E-state index is 0.0972. The number of aryl methyl sites for hydroxylation is 2. The van der Waals surface area contributed by atoms with E-state index in [0.29, 0.717) is 11.1 Å². The number of carbonyl (C=O) groups is 1. The van der Waals surface area contributed by atoms with Crippen LogP contribution in [0.2, 0.25) is 0 Å². The topological polar surface area (TPSA) is 83.5 Å². The average molecular weight is 351 g/mol. The number of benzene rings is 2. The summed E-state index contributed by atoms with van der Waals surface area (Å²) in [7, 11) is -3.92. The maximum Gasteiger partial charge on any atom is 0.305 e. The van der Waals surface area contributed by atoms with Crippen LogP contribution in [0.1, 0.15) is 29.2 Å². The zero-order chi connectivity index (χ0) is 17.9. The highest BCUT2D eigenvalue weighted by molar-refractivity contribution is 7.89. The third-order valence-corrected chi connectivity index (χ3v) is 5.20. The van der Waals surface area contributed by atoms with Crippen LogP contribution in [-0.2, 0) is 14.8 Å². The van der Waals surface area contributed by atoms with Crippen LogP contribution in [0.5, 0.6) is 0 Å². The summed E-state index contributed by atoms with van der Waals surface area (Å²) in [6.45, 7) is 3.44. The smallest absolute Gasteiger partial charge is 0.305 e. The Balaban J connectivity index is 2.39. The van der Waals surface area contributed by atoms with E-state index in [1.807, 2.05) is 0 Å². The lowest BCUT2D eigenvalue weighted by Gasteiger charge is -2.18. The summed E-state index contributed by atoms with van der Waals surface area (Å²) < 4.78 is 40.8. The molecule has 0 aliphatic rings. The lowest BCUT2D eigenvalue weighted by atomic mass is 10.1. The zero-order valence-corrected chi connectivity index (χ0v) is 14.1. The first-order valence-electron chi connectivity index (χ1n) is 7.26. The monoisotopic (exact) mass is 351 g/mol. The molecule has 0 bridgehead atoms. The molecule has 0 amide bonds. The minimum atomic E-state index is -3.92. The molecule has 0 aromatic heterocycles. The van der Waals surface area contributed by atoms with Crippen LogP contribution in [-0.4, -0.2) is 19.5 Å². The molecule has 0 fully saturated rings. The molecule has 0 aliphatic carbocycles. The molecule has 5 nitrogen and oxygen atoms in total. The van der Waals surface area contributed by atoms with Gasteiger partial charge in [-0.1, -0.05) is 24.3 Å². The van der Waals surface area contributed by atoms with E-state index in [-0.39, 0.29) is 4.90 Å². The number of carboxylic acid groups (broad SMARTS) is 1. The molecule has 24 heavy (non-hydrogen) atoms. The molecule has 7 heteroatoms. The van der Waals surface area contributed by atoms with Gasteiger partial charge in [-0.15, -0.1) is 0 Å². The first-order chi connectivity index (χ1) is 11.2. The van der Waals surface area contributed by atoms with E-state index in [2.05, 4.69) is 4.72 Å². The second kappa shape index (κ2) is 7.11. The van der Waals surface area contributed by atoms with E-state index in [9.17, 15) is 17.6 Å². The number of aliphatic carboxylic acids is 1. The molecule has 1 unspecified atom stereocenters. The first kappa shape index (κ1) is 18.1. The summed E-state index contributed by atoms with van der Waals surface area (Å²) in [5.41, 5.74) is 1.71. The van der Waals surface area contributed by atoms with Gasteiger partial charge in [0.15, 0.2) is 0 Å². The van der Waals surface area contributed by atoms with Gasteiger partial charge in [-0.3, -0.25) is 4.79 Å². The number of hydrogen-bond acceptors (Lipinski definition) is 3. The molecular weight excluding hydrogens is 333 g/mol. The van der Waals surface area contributed by atoms with Crippen molar-refractivity contribution in [3.05, 3.63) is 65.0 Å². The maximum atomic E-state index is 13.1. The van der Waals surface area contributed by atoms with Crippen LogP contribution in [0.15, 0.2) is 47.4 Å². The Bertz CT molecular complexity index is 847. The normalized spacial score (nSPS) is 12.8. The number of sulfonamides is 1. The maximum absolute atomic E-state index is 13.1. The Labute approximate surface area is 140 Å². The second-order valence-corrected chi connectivity index (χ2v) is 7.27. The van der Waals surface area contributed by atoms with E-state index in [1.165, 1.54) is 18.2 Å². The third kappa shape index (κ3) is 4.39. The second-order valence-electron chi connectivity index (χ2n) is 5.59. The number of nitrogens with one attached hydrogen (secondary N) is 1. The lowest BCUT2D eigenvalue weighted by Crippen LogP contribution is -2.30. The predicted octanol–water partition coefficient (Wildman–Crippen LogP) is 2.94. The Morgan fingerprint density at radius 3 is 2.38 bits per heavy atom. The number of carboxylic acids is 1. The van der Waals surface area contributed by atoms with Crippen molar-refractivity contribution in [3.8, 4) is 0 Å². The molecule has 0 saturated carbocycles. The van der Waals surface area contributed by atoms with Crippen LogP contribution in [0.25, 0.3) is 0 Å². The summed E-state index contributed by atoms with van der Waals surface area (Å²) in [6.07, 6.45) is -0.449. The summed E-state index contributed by atoms with van der Waals surface area (Å²) in [5, 5.41) is 9.06. The molecule has 0 heterocycles. The number of rotatable bonds is 6. The van der Waals surface area contributed by atoms with E-state index in [1.54, 1.807) is 26.0 Å². The standard InChI is InChI=1S/C17H18FNO4S/c1-11-3-4-12(2)16(9-11)24(22,23)19-15(10-17(20)21)13-5-7-14(18)8-6-13/h3-9,15,19H,10H2,1-2H3,(H,20,21). The Hall–Kier alpha value is -2.25. The molecule has 0 spiro atoms. The zero-order valence-electron chi connectivity index (χ0n) is 13.3. The van der Waals surface area contributed by atoms with Crippen molar-refractivity contribution >= 4 is 16.0 Å². The van der Waals surface area contributed by atoms with Crippen LogP contribution in [0, 0.1) is 19.7 Å². The van der Waals surface area contributed by atoms with Crippen LogP contribution >= 0.6 is 0 Å². The van der Waals surface area contributed by atoms with Gasteiger partial charge in [-0.2, -0.15) is 0 Å². The molecule has 2 rings (SSSR count). The first-order valence-corrected chi connectivity index (χ1v) is 8.74. The van der Waals surface area contributed by atoms with Gasteiger partial charge in [0.2, 0.25) is 10.0 Å². The van der Waals surface area contributed by atoms with Gasteiger partial charge in [0.25, 0.3) is 0 Å². The van der Waals surface area contributed by atoms with Gasteiger partial charge in [-0.25, -0.2) is 17.5 Å². The molecule has 128 valence electrons. The van der Waals surface area contributed by atoms with Crippen molar-refractivity contribution in [1.82, 2.24) is 4.72 Å². The molecule has 2 N–H and O–H groups in total. The van der Waals surface area contributed by atoms with Crippen molar-refractivity contribution < 1.29 is 22.7 Å². The lowest BCUT2D eigenvalue weighted by molar-refractivity contribution is -0.137. The molecule has 1 atom stereocenters. The highest BCUT2D eigenvalue weighted by atomic mass is 32.2. The fraction of sp³-hybridized carbons (Fsp3) is 0.235. The number of halogens is 1. The van der Waals surface area contributed by atoms with Crippen molar-refractivity contribution in [2.45, 2.75) is 31.2 Å². The molecule has 0 aliphatic heterocycles. The Kier molecular flexibility index (Phi) is 5.36. The van der Waals surface area contributed by atoms with Crippen molar-refractivity contribution in [2.24, 2.45) is 0 Å². The van der Waals surface area contributed by atoms with Gasteiger partial charge in [0.05, 0.1) is 17.4 Å². The summed E-state index contributed by atoms with van der Waals surface area (Å²) in [4.78, 5) is 11.2. The average Bonchev–Trinajstić information content (AvgIpc) is 2.49. The van der Waals surface area contributed by atoms with Gasteiger partial charge < -0.3 is 5.11 Å². The Morgan fingerprint density at radius 2 is 1.79 bits per heavy atom. The summed E-state index contributed by atoms with van der Waals surface area (Å²) in [6, 6.07) is 9.08. The van der Waals surface area contributed by atoms with Crippen molar-refractivity contribution in [3.63, 3.8) is 0 Å². The van der Waals surface area contributed by atoms with Gasteiger partial charge >= 0.3 is 5.97 Å². The van der Waals surface area contributed by atoms with E-state index < -0.39 is 34.3 Å². The molecule has 2 aromatic rings.